The Bertz CT molecular complexity index is 512. The highest BCUT2D eigenvalue weighted by Gasteiger charge is 2.38. The Morgan fingerprint density at radius 1 is 1.52 bits per heavy atom. The monoisotopic (exact) mass is 292 g/mol. The maximum atomic E-state index is 11.8. The third kappa shape index (κ3) is 3.26. The number of pyridine rings is 1. The van der Waals surface area contributed by atoms with Crippen molar-refractivity contribution in [2.75, 3.05) is 38.3 Å². The molecule has 116 valence electrons. The molecule has 2 rings (SSSR count). The van der Waals surface area contributed by atoms with Crippen molar-refractivity contribution in [3.8, 4) is 0 Å². The van der Waals surface area contributed by atoms with Crippen LogP contribution in [0.2, 0.25) is 0 Å². The van der Waals surface area contributed by atoms with Gasteiger partial charge in [-0.1, -0.05) is 0 Å². The molecule has 1 saturated carbocycles. The second-order valence-electron chi connectivity index (χ2n) is 5.70. The fourth-order valence-electron chi connectivity index (χ4n) is 2.57. The van der Waals surface area contributed by atoms with Gasteiger partial charge in [-0.25, -0.2) is 9.78 Å². The number of likely N-dealkylation sites (N-methyl/N-ethyl adjacent to an activating group) is 1. The standard InChI is InChI=1S/C15H24N4O2/c1-4-21-14(20)11-8-13(17-9-12(11)16)18-10-15(19(2)3)6-5-7-15/h8-9H,4-7,10,16H2,1-3H3,(H,17,18). The van der Waals surface area contributed by atoms with Gasteiger partial charge in [0.25, 0.3) is 0 Å². The summed E-state index contributed by atoms with van der Waals surface area (Å²) in [6.45, 7) is 2.90. The van der Waals surface area contributed by atoms with Crippen LogP contribution in [0.3, 0.4) is 0 Å². The van der Waals surface area contributed by atoms with Gasteiger partial charge in [-0.15, -0.1) is 0 Å². The van der Waals surface area contributed by atoms with Crippen LogP contribution in [0.15, 0.2) is 12.3 Å². The van der Waals surface area contributed by atoms with Gasteiger partial charge in [-0.3, -0.25) is 0 Å². The molecule has 0 radical (unpaired) electrons. The van der Waals surface area contributed by atoms with E-state index in [4.69, 9.17) is 10.5 Å². The van der Waals surface area contributed by atoms with E-state index < -0.39 is 5.97 Å². The van der Waals surface area contributed by atoms with Crippen molar-refractivity contribution in [2.24, 2.45) is 0 Å². The lowest BCUT2D eigenvalue weighted by Gasteiger charge is -2.47. The minimum atomic E-state index is -0.411. The number of aromatic nitrogens is 1. The minimum Gasteiger partial charge on any atom is -0.462 e. The molecular formula is C15H24N4O2. The Kier molecular flexibility index (Phi) is 4.67. The Balaban J connectivity index is 2.07. The number of nitrogens with two attached hydrogens (primary N) is 1. The van der Waals surface area contributed by atoms with E-state index in [2.05, 4.69) is 29.3 Å². The summed E-state index contributed by atoms with van der Waals surface area (Å²) in [4.78, 5) is 18.3. The maximum Gasteiger partial charge on any atom is 0.340 e. The number of rotatable bonds is 6. The molecule has 6 nitrogen and oxygen atoms in total. The molecule has 0 saturated heterocycles. The number of nitrogen functional groups attached to an aromatic ring is 1. The summed E-state index contributed by atoms with van der Waals surface area (Å²) in [7, 11) is 4.20. The van der Waals surface area contributed by atoms with Crippen molar-refractivity contribution < 1.29 is 9.53 Å². The summed E-state index contributed by atoms with van der Waals surface area (Å²) < 4.78 is 5.00. The number of nitrogens with zero attached hydrogens (tertiary/aromatic N) is 2. The summed E-state index contributed by atoms with van der Waals surface area (Å²) in [5.74, 6) is 0.242. The molecule has 6 heteroatoms. The first kappa shape index (κ1) is 15.6. The fraction of sp³-hybridized carbons (Fsp3) is 0.600. The Morgan fingerprint density at radius 2 is 2.24 bits per heavy atom. The van der Waals surface area contributed by atoms with Crippen molar-refractivity contribution in [1.82, 2.24) is 9.88 Å². The number of carbonyl (C=O) groups is 1. The number of hydrogen-bond donors (Lipinski definition) is 2. The molecule has 1 aromatic rings. The van der Waals surface area contributed by atoms with Crippen LogP contribution >= 0.6 is 0 Å². The fourth-order valence-corrected chi connectivity index (χ4v) is 2.57. The molecule has 0 bridgehead atoms. The molecule has 0 aromatic carbocycles. The van der Waals surface area contributed by atoms with Crippen molar-refractivity contribution in [1.29, 1.82) is 0 Å². The van der Waals surface area contributed by atoms with E-state index in [1.165, 1.54) is 25.5 Å². The summed E-state index contributed by atoms with van der Waals surface area (Å²) in [6.07, 6.45) is 5.10. The SMILES string of the molecule is CCOC(=O)c1cc(NCC2(N(C)C)CCC2)ncc1N. The zero-order valence-electron chi connectivity index (χ0n) is 13.0. The topological polar surface area (TPSA) is 80.5 Å². The highest BCUT2D eigenvalue weighted by atomic mass is 16.5. The van der Waals surface area contributed by atoms with Crippen LogP contribution in [0.4, 0.5) is 11.5 Å². The van der Waals surface area contributed by atoms with Gasteiger partial charge in [0, 0.05) is 12.1 Å². The van der Waals surface area contributed by atoms with Gasteiger partial charge in [0.05, 0.1) is 24.1 Å². The van der Waals surface area contributed by atoms with E-state index in [1.807, 2.05) is 0 Å². The Morgan fingerprint density at radius 3 is 2.76 bits per heavy atom. The molecule has 0 unspecified atom stereocenters. The predicted octanol–water partition coefficient (Wildman–Crippen LogP) is 1.74. The van der Waals surface area contributed by atoms with Gasteiger partial charge in [-0.2, -0.15) is 0 Å². The van der Waals surface area contributed by atoms with Crippen molar-refractivity contribution >= 4 is 17.5 Å². The number of ether oxygens (including phenoxy) is 1. The number of carbonyl (C=O) groups excluding carboxylic acids is 1. The summed E-state index contributed by atoms with van der Waals surface area (Å²) in [5, 5.41) is 3.32. The molecule has 1 aromatic heterocycles. The number of anilines is 2. The molecule has 1 aliphatic carbocycles. The molecule has 1 fully saturated rings. The van der Waals surface area contributed by atoms with E-state index in [1.54, 1.807) is 13.0 Å². The molecule has 0 aliphatic heterocycles. The molecule has 3 N–H and O–H groups in total. The lowest BCUT2D eigenvalue weighted by molar-refractivity contribution is 0.0527. The van der Waals surface area contributed by atoms with Crippen molar-refractivity contribution in [3.05, 3.63) is 17.8 Å². The third-order valence-electron chi connectivity index (χ3n) is 4.26. The van der Waals surface area contributed by atoms with Gasteiger partial charge in [0.2, 0.25) is 0 Å². The van der Waals surface area contributed by atoms with Gasteiger partial charge in [-0.05, 0) is 46.3 Å². The highest BCUT2D eigenvalue weighted by molar-refractivity contribution is 5.95. The van der Waals surface area contributed by atoms with Crippen LogP contribution in [0, 0.1) is 0 Å². The van der Waals surface area contributed by atoms with Crippen molar-refractivity contribution in [2.45, 2.75) is 31.7 Å². The molecular weight excluding hydrogens is 268 g/mol. The van der Waals surface area contributed by atoms with Crippen molar-refractivity contribution in [3.63, 3.8) is 0 Å². The van der Waals surface area contributed by atoms with E-state index in [9.17, 15) is 4.79 Å². The zero-order valence-corrected chi connectivity index (χ0v) is 13.0. The van der Waals surface area contributed by atoms with Crippen LogP contribution in [-0.4, -0.2) is 48.6 Å². The van der Waals surface area contributed by atoms with Gasteiger partial charge < -0.3 is 20.7 Å². The van der Waals surface area contributed by atoms with E-state index in [0.29, 0.717) is 23.7 Å². The average molecular weight is 292 g/mol. The smallest absolute Gasteiger partial charge is 0.340 e. The molecule has 0 spiro atoms. The third-order valence-corrected chi connectivity index (χ3v) is 4.26. The van der Waals surface area contributed by atoms with Crippen LogP contribution in [0.5, 0.6) is 0 Å². The summed E-state index contributed by atoms with van der Waals surface area (Å²) in [5.41, 5.74) is 6.68. The normalized spacial score (nSPS) is 16.4. The van der Waals surface area contributed by atoms with E-state index in [-0.39, 0.29) is 5.54 Å². The number of hydrogen-bond acceptors (Lipinski definition) is 6. The summed E-state index contributed by atoms with van der Waals surface area (Å²) >= 11 is 0. The molecule has 1 aliphatic rings. The molecule has 1 heterocycles. The second-order valence-corrected chi connectivity index (χ2v) is 5.70. The van der Waals surface area contributed by atoms with Crippen LogP contribution in [0.1, 0.15) is 36.5 Å². The molecule has 21 heavy (non-hydrogen) atoms. The quantitative estimate of drug-likeness (QED) is 0.777. The average Bonchev–Trinajstić information content (AvgIpc) is 2.39. The Labute approximate surface area is 125 Å². The first-order chi connectivity index (χ1) is 9.98. The molecule has 0 atom stereocenters. The second kappa shape index (κ2) is 6.30. The first-order valence-corrected chi connectivity index (χ1v) is 7.32. The maximum absolute atomic E-state index is 11.8. The Hall–Kier alpha value is -1.82. The summed E-state index contributed by atoms with van der Waals surface area (Å²) in [6, 6.07) is 1.66. The lowest BCUT2D eigenvalue weighted by Crippen LogP contribution is -2.54. The number of nitrogens with one attached hydrogen (secondary N) is 1. The highest BCUT2D eigenvalue weighted by Crippen LogP contribution is 2.36. The van der Waals surface area contributed by atoms with Crippen LogP contribution in [-0.2, 0) is 4.74 Å². The number of esters is 1. The van der Waals surface area contributed by atoms with Crippen LogP contribution in [0.25, 0.3) is 0 Å². The zero-order chi connectivity index (χ0) is 15.5. The molecule has 0 amide bonds. The predicted molar refractivity (Wildman–Crippen MR) is 83.4 cm³/mol. The lowest BCUT2D eigenvalue weighted by atomic mass is 9.75. The van der Waals surface area contributed by atoms with Gasteiger partial charge in [0.1, 0.15) is 5.82 Å². The first-order valence-electron chi connectivity index (χ1n) is 7.32. The van der Waals surface area contributed by atoms with Gasteiger partial charge >= 0.3 is 5.97 Å². The minimum absolute atomic E-state index is 0.188. The van der Waals surface area contributed by atoms with Gasteiger partial charge in [0.15, 0.2) is 0 Å². The van der Waals surface area contributed by atoms with E-state index >= 15 is 0 Å². The van der Waals surface area contributed by atoms with E-state index in [0.717, 1.165) is 6.54 Å². The largest absolute Gasteiger partial charge is 0.462 e. The van der Waals surface area contributed by atoms with Crippen LogP contribution < -0.4 is 11.1 Å².